The molecule has 3 rings (SSSR count). The zero-order valence-electron chi connectivity index (χ0n) is 16.1. The van der Waals surface area contributed by atoms with E-state index in [9.17, 15) is 4.79 Å². The number of amides is 1. The predicted octanol–water partition coefficient (Wildman–Crippen LogP) is 5.20. The predicted molar refractivity (Wildman–Crippen MR) is 112 cm³/mol. The van der Waals surface area contributed by atoms with Crippen LogP contribution in [0.2, 0.25) is 0 Å². The van der Waals surface area contributed by atoms with Gasteiger partial charge in [0.2, 0.25) is 5.91 Å². The molecule has 0 aliphatic heterocycles. The van der Waals surface area contributed by atoms with Gasteiger partial charge in [0.15, 0.2) is 5.16 Å². The van der Waals surface area contributed by atoms with Crippen molar-refractivity contribution >= 4 is 34.4 Å². The van der Waals surface area contributed by atoms with Gasteiger partial charge >= 0.3 is 0 Å². The van der Waals surface area contributed by atoms with Crippen LogP contribution in [0.15, 0.2) is 47.6 Å². The van der Waals surface area contributed by atoms with E-state index in [4.69, 9.17) is 4.74 Å². The maximum Gasteiger partial charge on any atom is 0.237 e. The Balaban J connectivity index is 1.71. The lowest BCUT2D eigenvalue weighted by atomic mass is 9.97. The fraction of sp³-hybridized carbons (Fsp3) is 0.333. The van der Waals surface area contributed by atoms with Crippen molar-refractivity contribution in [3.8, 4) is 5.75 Å². The minimum absolute atomic E-state index is 0.0335. The summed E-state index contributed by atoms with van der Waals surface area (Å²) in [6.07, 6.45) is 1.03. The second-order valence-corrected chi connectivity index (χ2v) is 7.90. The van der Waals surface area contributed by atoms with E-state index in [1.54, 1.807) is 7.11 Å². The average Bonchev–Trinajstić information content (AvgIpc) is 3.08. The Morgan fingerprint density at radius 2 is 2.04 bits per heavy atom. The van der Waals surface area contributed by atoms with Crippen molar-refractivity contribution in [2.45, 2.75) is 43.5 Å². The van der Waals surface area contributed by atoms with Gasteiger partial charge in [0.1, 0.15) is 5.75 Å². The monoisotopic (exact) mass is 383 g/mol. The van der Waals surface area contributed by atoms with Gasteiger partial charge in [0.05, 0.1) is 23.4 Å². The molecule has 3 aromatic rings. The number of aromatic nitrogens is 2. The Bertz CT molecular complexity index is 938. The highest BCUT2D eigenvalue weighted by atomic mass is 32.2. The number of carbonyl (C=O) groups is 1. The molecule has 0 saturated heterocycles. The number of nitrogens with one attached hydrogen (secondary N) is 2. The number of methoxy groups -OCH3 is 1. The number of hydrogen-bond acceptors (Lipinski definition) is 4. The second-order valence-electron chi connectivity index (χ2n) is 6.57. The van der Waals surface area contributed by atoms with E-state index in [0.717, 1.165) is 34.0 Å². The van der Waals surface area contributed by atoms with Crippen LogP contribution < -0.4 is 10.1 Å². The number of carbonyl (C=O) groups excluding carboxylic acids is 1. The summed E-state index contributed by atoms with van der Waals surface area (Å²) < 4.78 is 5.24. The van der Waals surface area contributed by atoms with Crippen molar-refractivity contribution in [1.82, 2.24) is 9.97 Å². The first-order chi connectivity index (χ1) is 13.0. The summed E-state index contributed by atoms with van der Waals surface area (Å²) >= 11 is 1.41. The SMILES string of the molecule is CC[C@H](C)c1ccccc1NC(=O)[C@@H](C)Sc1nc2ccc(OC)cc2[nH]1. The number of anilines is 1. The molecule has 2 aromatic carbocycles. The maximum absolute atomic E-state index is 12.7. The molecule has 0 spiro atoms. The van der Waals surface area contributed by atoms with Crippen LogP contribution in [-0.2, 0) is 4.79 Å². The summed E-state index contributed by atoms with van der Waals surface area (Å²) in [5.41, 5.74) is 3.81. The number of benzene rings is 2. The normalized spacial score (nSPS) is 13.3. The van der Waals surface area contributed by atoms with Crippen LogP contribution in [-0.4, -0.2) is 28.2 Å². The van der Waals surface area contributed by atoms with Crippen LogP contribution in [0.4, 0.5) is 5.69 Å². The Hall–Kier alpha value is -2.47. The van der Waals surface area contributed by atoms with Crippen LogP contribution in [0.1, 0.15) is 38.7 Å². The molecule has 1 amide bonds. The molecule has 0 aliphatic carbocycles. The third-order valence-electron chi connectivity index (χ3n) is 4.69. The summed E-state index contributed by atoms with van der Waals surface area (Å²) in [6.45, 7) is 6.21. The van der Waals surface area contributed by atoms with E-state index in [-0.39, 0.29) is 11.2 Å². The summed E-state index contributed by atoms with van der Waals surface area (Å²) in [4.78, 5) is 20.5. The minimum atomic E-state index is -0.280. The number of imidazole rings is 1. The lowest BCUT2D eigenvalue weighted by Gasteiger charge is -2.17. The van der Waals surface area contributed by atoms with Crippen molar-refractivity contribution in [3.05, 3.63) is 48.0 Å². The third kappa shape index (κ3) is 4.45. The van der Waals surface area contributed by atoms with Gasteiger partial charge in [-0.2, -0.15) is 0 Å². The zero-order chi connectivity index (χ0) is 19.4. The topological polar surface area (TPSA) is 67.0 Å². The number of hydrogen-bond donors (Lipinski definition) is 2. The van der Waals surface area contributed by atoms with Gasteiger partial charge in [-0.3, -0.25) is 4.79 Å². The van der Waals surface area contributed by atoms with Crippen molar-refractivity contribution in [1.29, 1.82) is 0 Å². The minimum Gasteiger partial charge on any atom is -0.497 e. The lowest BCUT2D eigenvalue weighted by Crippen LogP contribution is -2.23. The van der Waals surface area contributed by atoms with E-state index < -0.39 is 0 Å². The van der Waals surface area contributed by atoms with Crippen molar-refractivity contribution in [2.75, 3.05) is 12.4 Å². The van der Waals surface area contributed by atoms with Gasteiger partial charge in [-0.1, -0.05) is 43.8 Å². The molecular formula is C21H25N3O2S. The summed E-state index contributed by atoms with van der Waals surface area (Å²) in [6, 6.07) is 13.7. The molecule has 1 heterocycles. The van der Waals surface area contributed by atoms with Crippen LogP contribution in [0.5, 0.6) is 5.75 Å². The number of ether oxygens (including phenoxy) is 1. The molecular weight excluding hydrogens is 358 g/mol. The Morgan fingerprint density at radius 3 is 2.78 bits per heavy atom. The van der Waals surface area contributed by atoms with E-state index in [1.807, 2.05) is 43.3 Å². The molecule has 2 atom stereocenters. The first-order valence-corrected chi connectivity index (χ1v) is 10.00. The van der Waals surface area contributed by atoms with Crippen molar-refractivity contribution < 1.29 is 9.53 Å². The molecule has 0 radical (unpaired) electrons. The van der Waals surface area contributed by atoms with Crippen LogP contribution >= 0.6 is 11.8 Å². The van der Waals surface area contributed by atoms with Gasteiger partial charge in [-0.25, -0.2) is 4.98 Å². The van der Waals surface area contributed by atoms with Gasteiger partial charge < -0.3 is 15.0 Å². The largest absolute Gasteiger partial charge is 0.497 e. The maximum atomic E-state index is 12.7. The summed E-state index contributed by atoms with van der Waals surface area (Å²) in [7, 11) is 1.64. The van der Waals surface area contributed by atoms with E-state index >= 15 is 0 Å². The van der Waals surface area contributed by atoms with Crippen LogP contribution in [0, 0.1) is 0 Å². The fourth-order valence-corrected chi connectivity index (χ4v) is 3.68. The Morgan fingerprint density at radius 1 is 1.26 bits per heavy atom. The molecule has 0 unspecified atom stereocenters. The summed E-state index contributed by atoms with van der Waals surface area (Å²) in [5, 5.41) is 3.51. The van der Waals surface area contributed by atoms with Crippen LogP contribution in [0.25, 0.3) is 11.0 Å². The standard InChI is InChI=1S/C21H25N3O2S/c1-5-13(2)16-8-6-7-9-17(16)22-20(25)14(3)27-21-23-18-11-10-15(26-4)12-19(18)24-21/h6-14H,5H2,1-4H3,(H,22,25)(H,23,24)/t13-,14+/m0/s1. The first kappa shape index (κ1) is 19.3. The van der Waals surface area contributed by atoms with E-state index in [0.29, 0.717) is 5.92 Å². The van der Waals surface area contributed by atoms with Gasteiger partial charge in [-0.05, 0) is 43.0 Å². The second kappa shape index (κ2) is 8.48. The molecule has 5 nitrogen and oxygen atoms in total. The highest BCUT2D eigenvalue weighted by Crippen LogP contribution is 2.29. The number of H-pyrrole nitrogens is 1. The van der Waals surface area contributed by atoms with E-state index in [2.05, 4.69) is 35.2 Å². The number of thioether (sulfide) groups is 1. The van der Waals surface area contributed by atoms with E-state index in [1.165, 1.54) is 17.3 Å². The van der Waals surface area contributed by atoms with Crippen molar-refractivity contribution in [2.24, 2.45) is 0 Å². The number of fused-ring (bicyclic) bond motifs is 1. The molecule has 0 saturated carbocycles. The lowest BCUT2D eigenvalue weighted by molar-refractivity contribution is -0.115. The van der Waals surface area contributed by atoms with Gasteiger partial charge in [0.25, 0.3) is 0 Å². The number of aromatic amines is 1. The van der Waals surface area contributed by atoms with Crippen molar-refractivity contribution in [3.63, 3.8) is 0 Å². The van der Waals surface area contributed by atoms with Gasteiger partial charge in [-0.15, -0.1) is 0 Å². The third-order valence-corrected chi connectivity index (χ3v) is 5.67. The molecule has 142 valence electrons. The summed E-state index contributed by atoms with van der Waals surface area (Å²) in [5.74, 6) is 1.14. The molecule has 27 heavy (non-hydrogen) atoms. The first-order valence-electron chi connectivity index (χ1n) is 9.12. The van der Waals surface area contributed by atoms with Crippen LogP contribution in [0.3, 0.4) is 0 Å². The molecule has 6 heteroatoms. The molecule has 0 bridgehead atoms. The molecule has 1 aromatic heterocycles. The number of para-hydroxylation sites is 1. The highest BCUT2D eigenvalue weighted by molar-refractivity contribution is 8.00. The fourth-order valence-electron chi connectivity index (χ4n) is 2.86. The Labute approximate surface area is 163 Å². The molecule has 0 fully saturated rings. The quantitative estimate of drug-likeness (QED) is 0.550. The highest BCUT2D eigenvalue weighted by Gasteiger charge is 2.19. The smallest absolute Gasteiger partial charge is 0.237 e. The zero-order valence-corrected chi connectivity index (χ0v) is 16.9. The van der Waals surface area contributed by atoms with Gasteiger partial charge in [0, 0.05) is 11.8 Å². The number of nitrogens with zero attached hydrogens (tertiary/aromatic N) is 1. The Kier molecular flexibility index (Phi) is 6.06. The average molecular weight is 384 g/mol. The molecule has 0 aliphatic rings. The number of rotatable bonds is 7. The molecule has 2 N–H and O–H groups in total.